The minimum Gasteiger partial charge on any atom is -0.377 e. The summed E-state index contributed by atoms with van der Waals surface area (Å²) in [5.41, 5.74) is 0. The van der Waals surface area contributed by atoms with Crippen molar-refractivity contribution in [2.75, 3.05) is 31.3 Å². The fraction of sp³-hybridized carbons (Fsp3) is 0.889. The monoisotopic (exact) mass is 248 g/mol. The number of hydrogen-bond donors (Lipinski definition) is 2. The lowest BCUT2D eigenvalue weighted by atomic mass is 10.2. The fourth-order valence-corrected chi connectivity index (χ4v) is 3.27. The molecule has 0 spiro atoms. The molecular formula is C9H16N2O4S. The van der Waals surface area contributed by atoms with Gasteiger partial charge < -0.3 is 15.4 Å². The Balaban J connectivity index is 1.77. The molecule has 2 aliphatic rings. The normalized spacial score (nSPS) is 29.4. The first-order chi connectivity index (χ1) is 7.55. The Morgan fingerprint density at radius 1 is 1.44 bits per heavy atom. The van der Waals surface area contributed by atoms with Gasteiger partial charge in [0.25, 0.3) is 0 Å². The molecule has 0 aromatic heterocycles. The van der Waals surface area contributed by atoms with Crippen molar-refractivity contribution in [1.29, 1.82) is 0 Å². The summed E-state index contributed by atoms with van der Waals surface area (Å²) in [6.45, 7) is 1.55. The SMILES string of the molecule is O=C(CC1CS(=O)(=O)CCN1)NC1COC1. The number of sulfone groups is 1. The van der Waals surface area contributed by atoms with E-state index in [9.17, 15) is 13.2 Å². The van der Waals surface area contributed by atoms with Crippen molar-refractivity contribution in [2.45, 2.75) is 18.5 Å². The third-order valence-electron chi connectivity index (χ3n) is 2.74. The summed E-state index contributed by atoms with van der Waals surface area (Å²) in [7, 11) is -2.96. The van der Waals surface area contributed by atoms with E-state index in [0.29, 0.717) is 19.8 Å². The van der Waals surface area contributed by atoms with Gasteiger partial charge >= 0.3 is 0 Å². The van der Waals surface area contributed by atoms with E-state index in [4.69, 9.17) is 4.74 Å². The maximum Gasteiger partial charge on any atom is 0.221 e. The second-order valence-corrected chi connectivity index (χ2v) is 6.50. The molecular weight excluding hydrogens is 232 g/mol. The molecule has 0 bridgehead atoms. The second kappa shape index (κ2) is 4.68. The second-order valence-electron chi connectivity index (χ2n) is 4.27. The quantitative estimate of drug-likeness (QED) is 0.620. The largest absolute Gasteiger partial charge is 0.377 e. The molecule has 2 aliphatic heterocycles. The van der Waals surface area contributed by atoms with Gasteiger partial charge in [-0.2, -0.15) is 0 Å². The predicted molar refractivity (Wildman–Crippen MR) is 57.8 cm³/mol. The molecule has 0 aromatic carbocycles. The molecule has 1 atom stereocenters. The first-order valence-electron chi connectivity index (χ1n) is 5.36. The fourth-order valence-electron chi connectivity index (χ4n) is 1.83. The van der Waals surface area contributed by atoms with Crippen LogP contribution >= 0.6 is 0 Å². The smallest absolute Gasteiger partial charge is 0.221 e. The zero-order valence-electron chi connectivity index (χ0n) is 8.94. The molecule has 2 rings (SSSR count). The lowest BCUT2D eigenvalue weighted by molar-refractivity contribution is -0.125. The molecule has 0 aliphatic carbocycles. The Hall–Kier alpha value is -0.660. The van der Waals surface area contributed by atoms with E-state index in [0.717, 1.165) is 0 Å². The molecule has 2 heterocycles. The molecule has 92 valence electrons. The average molecular weight is 248 g/mol. The molecule has 7 heteroatoms. The van der Waals surface area contributed by atoms with E-state index in [-0.39, 0.29) is 35.9 Å². The van der Waals surface area contributed by atoms with Gasteiger partial charge in [-0.1, -0.05) is 0 Å². The zero-order chi connectivity index (χ0) is 11.6. The number of carbonyl (C=O) groups is 1. The van der Waals surface area contributed by atoms with E-state index in [2.05, 4.69) is 10.6 Å². The van der Waals surface area contributed by atoms with Gasteiger partial charge in [0.2, 0.25) is 5.91 Å². The van der Waals surface area contributed by atoms with Crippen molar-refractivity contribution in [3.05, 3.63) is 0 Å². The van der Waals surface area contributed by atoms with Crippen LogP contribution in [0.4, 0.5) is 0 Å². The highest BCUT2D eigenvalue weighted by atomic mass is 32.2. The van der Waals surface area contributed by atoms with Gasteiger partial charge in [0, 0.05) is 19.0 Å². The maximum absolute atomic E-state index is 11.5. The first-order valence-corrected chi connectivity index (χ1v) is 7.18. The van der Waals surface area contributed by atoms with Crippen molar-refractivity contribution in [3.63, 3.8) is 0 Å². The van der Waals surface area contributed by atoms with Crippen molar-refractivity contribution in [3.8, 4) is 0 Å². The molecule has 2 fully saturated rings. The standard InChI is InChI=1S/C9H16N2O4S/c12-9(11-8-4-15-5-8)3-7-6-16(13,14)2-1-10-7/h7-8,10H,1-6H2,(H,11,12). The molecule has 2 saturated heterocycles. The summed E-state index contributed by atoms with van der Waals surface area (Å²) in [6, 6.07) is -0.146. The van der Waals surface area contributed by atoms with Crippen molar-refractivity contribution < 1.29 is 17.9 Å². The van der Waals surface area contributed by atoms with Crippen LogP contribution in [0.25, 0.3) is 0 Å². The average Bonchev–Trinajstić information content (AvgIpc) is 2.10. The molecule has 6 nitrogen and oxygen atoms in total. The minimum absolute atomic E-state index is 0.0571. The van der Waals surface area contributed by atoms with Crippen LogP contribution in [0.5, 0.6) is 0 Å². The Morgan fingerprint density at radius 2 is 2.19 bits per heavy atom. The number of carbonyl (C=O) groups excluding carboxylic acids is 1. The van der Waals surface area contributed by atoms with E-state index in [1.807, 2.05) is 0 Å². The van der Waals surface area contributed by atoms with Crippen LogP contribution in [0.3, 0.4) is 0 Å². The lowest BCUT2D eigenvalue weighted by Crippen LogP contribution is -2.52. The topological polar surface area (TPSA) is 84.5 Å². The number of amides is 1. The first kappa shape index (κ1) is 11.8. The Kier molecular flexibility index (Phi) is 3.46. The van der Waals surface area contributed by atoms with Gasteiger partial charge in [0.1, 0.15) is 0 Å². The van der Waals surface area contributed by atoms with Crippen LogP contribution in [-0.4, -0.2) is 57.7 Å². The lowest BCUT2D eigenvalue weighted by Gasteiger charge is -2.28. The zero-order valence-corrected chi connectivity index (χ0v) is 9.76. The summed E-state index contributed by atoms with van der Waals surface area (Å²) >= 11 is 0. The van der Waals surface area contributed by atoms with E-state index in [1.165, 1.54) is 0 Å². The van der Waals surface area contributed by atoms with Crippen LogP contribution in [-0.2, 0) is 19.4 Å². The molecule has 0 radical (unpaired) electrons. The summed E-state index contributed by atoms with van der Waals surface area (Å²) in [5.74, 6) is 0.117. The summed E-state index contributed by atoms with van der Waals surface area (Å²) in [5, 5.41) is 5.84. The van der Waals surface area contributed by atoms with E-state index >= 15 is 0 Å². The van der Waals surface area contributed by atoms with Gasteiger partial charge in [-0.15, -0.1) is 0 Å². The van der Waals surface area contributed by atoms with Gasteiger partial charge in [-0.25, -0.2) is 8.42 Å². The molecule has 1 amide bonds. The third-order valence-corrected chi connectivity index (χ3v) is 4.47. The third kappa shape index (κ3) is 3.16. The Morgan fingerprint density at radius 3 is 2.75 bits per heavy atom. The van der Waals surface area contributed by atoms with Crippen LogP contribution in [0.2, 0.25) is 0 Å². The summed E-state index contributed by atoms with van der Waals surface area (Å²) < 4.78 is 27.6. The van der Waals surface area contributed by atoms with Crippen LogP contribution < -0.4 is 10.6 Å². The van der Waals surface area contributed by atoms with Crippen molar-refractivity contribution in [2.24, 2.45) is 0 Å². The van der Waals surface area contributed by atoms with Crippen LogP contribution in [0.1, 0.15) is 6.42 Å². The Labute approximate surface area is 94.6 Å². The molecule has 0 saturated carbocycles. The van der Waals surface area contributed by atoms with E-state index < -0.39 is 9.84 Å². The van der Waals surface area contributed by atoms with Gasteiger partial charge in [-0.05, 0) is 0 Å². The molecule has 1 unspecified atom stereocenters. The van der Waals surface area contributed by atoms with Crippen LogP contribution in [0.15, 0.2) is 0 Å². The number of hydrogen-bond acceptors (Lipinski definition) is 5. The highest BCUT2D eigenvalue weighted by Gasteiger charge is 2.27. The van der Waals surface area contributed by atoms with Crippen LogP contribution in [0, 0.1) is 0 Å². The summed E-state index contributed by atoms with van der Waals surface area (Å²) in [4.78, 5) is 11.5. The number of nitrogens with one attached hydrogen (secondary N) is 2. The van der Waals surface area contributed by atoms with Crippen molar-refractivity contribution >= 4 is 15.7 Å². The number of rotatable bonds is 3. The highest BCUT2D eigenvalue weighted by Crippen LogP contribution is 2.06. The Bertz CT molecular complexity index is 364. The van der Waals surface area contributed by atoms with Gasteiger partial charge in [0.15, 0.2) is 9.84 Å². The molecule has 0 aromatic rings. The number of ether oxygens (including phenoxy) is 1. The highest BCUT2D eigenvalue weighted by molar-refractivity contribution is 7.91. The van der Waals surface area contributed by atoms with E-state index in [1.54, 1.807) is 0 Å². The van der Waals surface area contributed by atoms with Gasteiger partial charge in [0.05, 0.1) is 30.8 Å². The summed E-state index contributed by atoms with van der Waals surface area (Å²) in [6.07, 6.45) is 0.218. The van der Waals surface area contributed by atoms with Crippen molar-refractivity contribution in [1.82, 2.24) is 10.6 Å². The predicted octanol–water partition coefficient (Wildman–Crippen LogP) is -1.72. The molecule has 2 N–H and O–H groups in total. The van der Waals surface area contributed by atoms with Gasteiger partial charge in [-0.3, -0.25) is 4.79 Å². The minimum atomic E-state index is -2.96. The molecule has 16 heavy (non-hydrogen) atoms. The maximum atomic E-state index is 11.5.